The van der Waals surface area contributed by atoms with Gasteiger partial charge in [-0.2, -0.15) is 0 Å². The van der Waals surface area contributed by atoms with Crippen LogP contribution in [-0.4, -0.2) is 53.6 Å². The lowest BCUT2D eigenvalue weighted by molar-refractivity contribution is -0.147. The van der Waals surface area contributed by atoms with Crippen LogP contribution >= 0.6 is 0 Å². The highest BCUT2D eigenvalue weighted by molar-refractivity contribution is 5.79. The molecule has 1 aliphatic heterocycles. The van der Waals surface area contributed by atoms with Crippen molar-refractivity contribution < 1.29 is 14.7 Å². The van der Waals surface area contributed by atoms with E-state index in [2.05, 4.69) is 6.92 Å². The van der Waals surface area contributed by atoms with Gasteiger partial charge >= 0.3 is 12.0 Å². The van der Waals surface area contributed by atoms with Crippen molar-refractivity contribution in [3.8, 4) is 0 Å². The fraction of sp³-hybridized carbons (Fsp3) is 0.846. The Kier molecular flexibility index (Phi) is 4.99. The van der Waals surface area contributed by atoms with Gasteiger partial charge in [0.2, 0.25) is 0 Å². The summed E-state index contributed by atoms with van der Waals surface area (Å²) in [7, 11) is 1.79. The van der Waals surface area contributed by atoms with Gasteiger partial charge in [-0.15, -0.1) is 0 Å². The molecule has 0 aromatic carbocycles. The molecule has 1 atom stereocenters. The molecule has 1 unspecified atom stereocenters. The number of likely N-dealkylation sites (tertiary alicyclic amines) is 1. The topological polar surface area (TPSA) is 60.9 Å². The van der Waals surface area contributed by atoms with Crippen LogP contribution in [0.25, 0.3) is 0 Å². The van der Waals surface area contributed by atoms with Gasteiger partial charge in [-0.1, -0.05) is 19.8 Å². The van der Waals surface area contributed by atoms with Crippen molar-refractivity contribution in [1.82, 2.24) is 9.80 Å². The molecule has 5 nitrogen and oxygen atoms in total. The number of amides is 2. The normalized spacial score (nSPS) is 23.2. The molecule has 0 aromatic heterocycles. The van der Waals surface area contributed by atoms with Crippen LogP contribution in [-0.2, 0) is 4.79 Å². The quantitative estimate of drug-likeness (QED) is 0.766. The SMILES string of the molecule is CCCCCN(C)C(=O)N1CCC(C)(C(=O)O)C1. The minimum Gasteiger partial charge on any atom is -0.481 e. The van der Waals surface area contributed by atoms with E-state index in [1.54, 1.807) is 23.8 Å². The molecular weight excluding hydrogens is 232 g/mol. The average molecular weight is 256 g/mol. The Morgan fingerprint density at radius 3 is 2.56 bits per heavy atom. The third-order valence-electron chi connectivity index (χ3n) is 3.68. The first-order valence-corrected chi connectivity index (χ1v) is 6.64. The second kappa shape index (κ2) is 6.07. The molecule has 1 N–H and O–H groups in total. The molecule has 2 amide bonds. The van der Waals surface area contributed by atoms with Crippen molar-refractivity contribution in [2.24, 2.45) is 5.41 Å². The highest BCUT2D eigenvalue weighted by atomic mass is 16.4. The number of carbonyl (C=O) groups excluding carboxylic acids is 1. The van der Waals surface area contributed by atoms with Gasteiger partial charge in [-0.25, -0.2) is 4.79 Å². The van der Waals surface area contributed by atoms with E-state index in [1.807, 2.05) is 0 Å². The molecule has 1 heterocycles. The standard InChI is InChI=1S/C13H24N2O3/c1-4-5-6-8-14(3)12(18)15-9-7-13(2,10-15)11(16)17/h4-10H2,1-3H3,(H,16,17). The molecular formula is C13H24N2O3. The highest BCUT2D eigenvalue weighted by Gasteiger charge is 2.42. The number of urea groups is 1. The summed E-state index contributed by atoms with van der Waals surface area (Å²) in [5.74, 6) is -0.813. The summed E-state index contributed by atoms with van der Waals surface area (Å²) in [6.07, 6.45) is 3.78. The van der Waals surface area contributed by atoms with Crippen LogP contribution < -0.4 is 0 Å². The second-order valence-electron chi connectivity index (χ2n) is 5.45. The molecule has 1 saturated heterocycles. The summed E-state index contributed by atoms with van der Waals surface area (Å²) in [4.78, 5) is 26.6. The highest BCUT2D eigenvalue weighted by Crippen LogP contribution is 2.30. The van der Waals surface area contributed by atoms with Gasteiger partial charge in [0.15, 0.2) is 0 Å². The van der Waals surface area contributed by atoms with Crippen molar-refractivity contribution in [1.29, 1.82) is 0 Å². The number of rotatable bonds is 5. The van der Waals surface area contributed by atoms with E-state index in [9.17, 15) is 9.59 Å². The summed E-state index contributed by atoms with van der Waals surface area (Å²) in [5, 5.41) is 9.13. The van der Waals surface area contributed by atoms with E-state index in [1.165, 1.54) is 0 Å². The Labute approximate surface area is 109 Å². The number of nitrogens with zero attached hydrogens (tertiary/aromatic N) is 2. The average Bonchev–Trinajstić information content (AvgIpc) is 2.72. The van der Waals surface area contributed by atoms with E-state index in [-0.39, 0.29) is 6.03 Å². The number of hydrogen-bond donors (Lipinski definition) is 1. The molecule has 0 saturated carbocycles. The predicted octanol–water partition coefficient (Wildman–Crippen LogP) is 2.03. The van der Waals surface area contributed by atoms with E-state index in [0.717, 1.165) is 25.8 Å². The molecule has 0 aliphatic carbocycles. The van der Waals surface area contributed by atoms with Crippen LogP contribution in [0.15, 0.2) is 0 Å². The maximum Gasteiger partial charge on any atom is 0.319 e. The van der Waals surface area contributed by atoms with Crippen molar-refractivity contribution >= 4 is 12.0 Å². The largest absolute Gasteiger partial charge is 0.481 e. The van der Waals surface area contributed by atoms with Crippen LogP contribution in [0, 0.1) is 5.41 Å². The van der Waals surface area contributed by atoms with E-state index >= 15 is 0 Å². The lowest BCUT2D eigenvalue weighted by Crippen LogP contribution is -2.42. The van der Waals surface area contributed by atoms with Crippen molar-refractivity contribution in [3.63, 3.8) is 0 Å². The first-order valence-electron chi connectivity index (χ1n) is 6.64. The zero-order chi connectivity index (χ0) is 13.8. The molecule has 1 rings (SSSR count). The predicted molar refractivity (Wildman–Crippen MR) is 69.5 cm³/mol. The van der Waals surface area contributed by atoms with Gasteiger partial charge in [0.25, 0.3) is 0 Å². The van der Waals surface area contributed by atoms with Gasteiger partial charge in [0, 0.05) is 26.7 Å². The van der Waals surface area contributed by atoms with Gasteiger partial charge in [-0.3, -0.25) is 4.79 Å². The zero-order valence-corrected chi connectivity index (χ0v) is 11.6. The van der Waals surface area contributed by atoms with Crippen LogP contribution in [0.1, 0.15) is 39.5 Å². The third-order valence-corrected chi connectivity index (χ3v) is 3.68. The van der Waals surface area contributed by atoms with Crippen molar-refractivity contribution in [3.05, 3.63) is 0 Å². The summed E-state index contributed by atoms with van der Waals surface area (Å²) in [6, 6.07) is -0.0453. The summed E-state index contributed by atoms with van der Waals surface area (Å²) in [5.41, 5.74) is -0.778. The van der Waals surface area contributed by atoms with Gasteiger partial charge in [0.1, 0.15) is 0 Å². The smallest absolute Gasteiger partial charge is 0.319 e. The maximum atomic E-state index is 12.1. The molecule has 0 spiro atoms. The minimum atomic E-state index is -0.813. The van der Waals surface area contributed by atoms with Gasteiger partial charge in [-0.05, 0) is 19.8 Å². The molecule has 0 radical (unpaired) electrons. The first-order chi connectivity index (χ1) is 8.40. The lowest BCUT2D eigenvalue weighted by Gasteiger charge is -2.25. The molecule has 18 heavy (non-hydrogen) atoms. The second-order valence-corrected chi connectivity index (χ2v) is 5.45. The number of carbonyl (C=O) groups is 2. The third kappa shape index (κ3) is 3.37. The lowest BCUT2D eigenvalue weighted by atomic mass is 9.90. The van der Waals surface area contributed by atoms with Crippen molar-refractivity contribution in [2.75, 3.05) is 26.7 Å². The van der Waals surface area contributed by atoms with E-state index in [4.69, 9.17) is 5.11 Å². The Bertz CT molecular complexity index is 319. The fourth-order valence-electron chi connectivity index (χ4n) is 2.23. The zero-order valence-electron chi connectivity index (χ0n) is 11.6. The summed E-state index contributed by atoms with van der Waals surface area (Å²) in [6.45, 7) is 5.44. The van der Waals surface area contributed by atoms with E-state index in [0.29, 0.717) is 19.5 Å². The Balaban J connectivity index is 2.46. The minimum absolute atomic E-state index is 0.0453. The molecule has 104 valence electrons. The monoisotopic (exact) mass is 256 g/mol. The van der Waals surface area contributed by atoms with Crippen LogP contribution in [0.4, 0.5) is 4.79 Å². The van der Waals surface area contributed by atoms with Crippen LogP contribution in [0.3, 0.4) is 0 Å². The Hall–Kier alpha value is -1.26. The maximum absolute atomic E-state index is 12.1. The molecule has 0 aromatic rings. The molecule has 0 bridgehead atoms. The number of hydrogen-bond acceptors (Lipinski definition) is 2. The first kappa shape index (κ1) is 14.8. The number of carboxylic acids is 1. The Morgan fingerprint density at radius 2 is 2.06 bits per heavy atom. The number of aliphatic carboxylic acids is 1. The van der Waals surface area contributed by atoms with E-state index < -0.39 is 11.4 Å². The Morgan fingerprint density at radius 1 is 1.39 bits per heavy atom. The fourth-order valence-corrected chi connectivity index (χ4v) is 2.23. The van der Waals surface area contributed by atoms with Crippen LogP contribution in [0.2, 0.25) is 0 Å². The van der Waals surface area contributed by atoms with Crippen LogP contribution in [0.5, 0.6) is 0 Å². The van der Waals surface area contributed by atoms with Gasteiger partial charge < -0.3 is 14.9 Å². The molecule has 5 heteroatoms. The number of unbranched alkanes of at least 4 members (excludes halogenated alkanes) is 2. The summed E-state index contributed by atoms with van der Waals surface area (Å²) >= 11 is 0. The number of carboxylic acid groups (broad SMARTS) is 1. The molecule has 1 aliphatic rings. The van der Waals surface area contributed by atoms with Crippen molar-refractivity contribution in [2.45, 2.75) is 39.5 Å². The van der Waals surface area contributed by atoms with Gasteiger partial charge in [0.05, 0.1) is 5.41 Å². The summed E-state index contributed by atoms with van der Waals surface area (Å²) < 4.78 is 0. The molecule has 1 fully saturated rings.